The Bertz CT molecular complexity index is 628. The highest BCUT2D eigenvalue weighted by atomic mass is 16.1. The van der Waals surface area contributed by atoms with Gasteiger partial charge in [-0.05, 0) is 79.3 Å². The van der Waals surface area contributed by atoms with Crippen LogP contribution in [0.4, 0.5) is 0 Å². The van der Waals surface area contributed by atoms with E-state index in [0.29, 0.717) is 35.7 Å². The third-order valence-corrected chi connectivity index (χ3v) is 8.01. The average Bonchev–Trinajstić information content (AvgIpc) is 2.85. The molecule has 0 saturated heterocycles. The Morgan fingerprint density at radius 2 is 1.91 bits per heavy atom. The van der Waals surface area contributed by atoms with E-state index >= 15 is 0 Å². The van der Waals surface area contributed by atoms with Crippen LogP contribution >= 0.6 is 0 Å². The summed E-state index contributed by atoms with van der Waals surface area (Å²) in [4.78, 5) is 24.0. The Hall–Kier alpha value is -1.18. The van der Waals surface area contributed by atoms with Gasteiger partial charge in [0.1, 0.15) is 5.78 Å². The van der Waals surface area contributed by atoms with Gasteiger partial charge in [-0.1, -0.05) is 26.0 Å². The van der Waals surface area contributed by atoms with Gasteiger partial charge in [0.25, 0.3) is 0 Å². The van der Waals surface area contributed by atoms with Crippen molar-refractivity contribution in [3.05, 3.63) is 23.8 Å². The van der Waals surface area contributed by atoms with Gasteiger partial charge in [-0.3, -0.25) is 9.59 Å². The molecule has 124 valence electrons. The Labute approximate surface area is 139 Å². The summed E-state index contributed by atoms with van der Waals surface area (Å²) in [6.07, 6.45) is 12.9. The molecule has 6 atom stereocenters. The lowest BCUT2D eigenvalue weighted by Crippen LogP contribution is -2.49. The first-order chi connectivity index (χ1) is 10.9. The second-order valence-corrected chi connectivity index (χ2v) is 8.92. The number of rotatable bonds is 1. The largest absolute Gasteiger partial charge is 0.300 e. The minimum absolute atomic E-state index is 0.170. The normalized spacial score (nSPS) is 48.3. The van der Waals surface area contributed by atoms with Crippen molar-refractivity contribution in [2.24, 2.45) is 34.5 Å². The van der Waals surface area contributed by atoms with Crippen molar-refractivity contribution in [3.8, 4) is 0 Å². The van der Waals surface area contributed by atoms with Gasteiger partial charge in [0.05, 0.1) is 0 Å². The summed E-state index contributed by atoms with van der Waals surface area (Å²) in [5.74, 6) is 2.83. The van der Waals surface area contributed by atoms with Crippen molar-refractivity contribution in [2.75, 3.05) is 0 Å². The molecule has 23 heavy (non-hydrogen) atoms. The monoisotopic (exact) mass is 312 g/mol. The van der Waals surface area contributed by atoms with Crippen molar-refractivity contribution >= 4 is 11.6 Å². The number of hydrogen-bond acceptors (Lipinski definition) is 2. The van der Waals surface area contributed by atoms with E-state index in [0.717, 1.165) is 12.8 Å². The molecule has 4 aliphatic carbocycles. The molecule has 0 radical (unpaired) electrons. The van der Waals surface area contributed by atoms with E-state index < -0.39 is 0 Å². The molecule has 0 aliphatic heterocycles. The summed E-state index contributed by atoms with van der Waals surface area (Å²) in [5.41, 5.74) is 1.63. The molecule has 2 fully saturated rings. The van der Waals surface area contributed by atoms with Crippen LogP contribution in [0, 0.1) is 34.5 Å². The lowest BCUT2D eigenvalue weighted by molar-refractivity contribution is -0.127. The zero-order valence-electron chi connectivity index (χ0n) is 14.6. The minimum Gasteiger partial charge on any atom is -0.300 e. The number of Topliss-reactive ketones (excluding diaryl/α,β-unsaturated/α-hetero) is 1. The van der Waals surface area contributed by atoms with E-state index in [4.69, 9.17) is 0 Å². The van der Waals surface area contributed by atoms with Crippen LogP contribution in [0.3, 0.4) is 0 Å². The molecule has 0 aromatic rings. The Morgan fingerprint density at radius 1 is 1.13 bits per heavy atom. The maximum atomic E-state index is 12.1. The second-order valence-electron chi connectivity index (χ2n) is 8.92. The van der Waals surface area contributed by atoms with Crippen LogP contribution in [-0.2, 0) is 9.59 Å². The van der Waals surface area contributed by atoms with Crippen molar-refractivity contribution in [3.63, 3.8) is 0 Å². The van der Waals surface area contributed by atoms with E-state index in [9.17, 15) is 9.59 Å². The third-order valence-electron chi connectivity index (χ3n) is 8.01. The fraction of sp³-hybridized carbons (Fsp3) is 0.714. The number of carbonyl (C=O) groups is 2. The zero-order valence-corrected chi connectivity index (χ0v) is 14.6. The van der Waals surface area contributed by atoms with Crippen molar-refractivity contribution < 1.29 is 9.59 Å². The standard InChI is InChI=1S/C21H28O2/c1-13(22)17-6-7-18-16-5-4-14-12-15(23)8-10-20(14,2)19(16)9-11-21(17,18)3/h4-5,12,16-19H,6-11H2,1-3H3/t16-,17+,18-,19+,20?,21+/m0/s1. The smallest absolute Gasteiger partial charge is 0.156 e. The topological polar surface area (TPSA) is 34.1 Å². The van der Waals surface area contributed by atoms with Gasteiger partial charge in [0.2, 0.25) is 0 Å². The summed E-state index contributed by atoms with van der Waals surface area (Å²) < 4.78 is 0. The predicted octanol–water partition coefficient (Wildman–Crippen LogP) is 4.50. The van der Waals surface area contributed by atoms with Crippen molar-refractivity contribution in [2.45, 2.75) is 59.3 Å². The summed E-state index contributed by atoms with van der Waals surface area (Å²) >= 11 is 0. The molecule has 0 aromatic carbocycles. The molecule has 2 nitrogen and oxygen atoms in total. The Morgan fingerprint density at radius 3 is 2.65 bits per heavy atom. The van der Waals surface area contributed by atoms with Crippen molar-refractivity contribution in [1.82, 2.24) is 0 Å². The van der Waals surface area contributed by atoms with Crippen LogP contribution in [0.2, 0.25) is 0 Å². The summed E-state index contributed by atoms with van der Waals surface area (Å²) in [5, 5.41) is 0. The highest BCUT2D eigenvalue weighted by Crippen LogP contribution is 2.65. The van der Waals surface area contributed by atoms with Gasteiger partial charge >= 0.3 is 0 Å². The first-order valence-corrected chi connectivity index (χ1v) is 9.30. The molecule has 0 amide bonds. The van der Waals surface area contributed by atoms with Gasteiger partial charge in [0, 0.05) is 12.3 Å². The quantitative estimate of drug-likeness (QED) is 0.714. The van der Waals surface area contributed by atoms with E-state index in [1.165, 1.54) is 24.8 Å². The van der Waals surface area contributed by atoms with Crippen LogP contribution in [0.1, 0.15) is 59.3 Å². The molecule has 4 rings (SSSR count). The first-order valence-electron chi connectivity index (χ1n) is 9.30. The van der Waals surface area contributed by atoms with E-state index in [-0.39, 0.29) is 16.7 Å². The molecule has 4 aliphatic rings. The maximum Gasteiger partial charge on any atom is 0.156 e. The molecule has 2 heteroatoms. The first kappa shape index (κ1) is 15.4. The molecule has 1 unspecified atom stereocenters. The Balaban J connectivity index is 1.72. The molecular weight excluding hydrogens is 284 g/mol. The van der Waals surface area contributed by atoms with Gasteiger partial charge < -0.3 is 0 Å². The molecule has 2 saturated carbocycles. The van der Waals surface area contributed by atoms with Crippen LogP contribution in [0.5, 0.6) is 0 Å². The number of allylic oxidation sites excluding steroid dienone is 4. The maximum absolute atomic E-state index is 12.1. The van der Waals surface area contributed by atoms with Crippen LogP contribution in [-0.4, -0.2) is 11.6 Å². The summed E-state index contributed by atoms with van der Waals surface area (Å²) in [6, 6.07) is 0. The van der Waals surface area contributed by atoms with Crippen molar-refractivity contribution in [1.29, 1.82) is 0 Å². The molecule has 0 bridgehead atoms. The zero-order chi connectivity index (χ0) is 16.4. The van der Waals surface area contributed by atoms with Crippen LogP contribution < -0.4 is 0 Å². The van der Waals surface area contributed by atoms with E-state index in [1.807, 2.05) is 6.08 Å². The highest BCUT2D eigenvalue weighted by molar-refractivity contribution is 5.92. The van der Waals surface area contributed by atoms with Gasteiger partial charge in [-0.15, -0.1) is 0 Å². The van der Waals surface area contributed by atoms with E-state index in [1.54, 1.807) is 6.92 Å². The highest BCUT2D eigenvalue weighted by Gasteiger charge is 2.58. The number of fused-ring (bicyclic) bond motifs is 5. The molecular formula is C21H28O2. The lowest BCUT2D eigenvalue weighted by atomic mass is 9.48. The fourth-order valence-corrected chi connectivity index (χ4v) is 6.66. The lowest BCUT2D eigenvalue weighted by Gasteiger charge is -2.55. The average molecular weight is 312 g/mol. The fourth-order valence-electron chi connectivity index (χ4n) is 6.66. The van der Waals surface area contributed by atoms with Crippen LogP contribution in [0.25, 0.3) is 0 Å². The number of ketones is 2. The molecule has 0 spiro atoms. The molecule has 0 N–H and O–H groups in total. The SMILES string of the molecule is CC(=O)[C@H]1CC[C@H]2[C@@H]3C=CC4=CC(=O)CCC4(C)[C@@H]3CC[C@]12C. The number of hydrogen-bond donors (Lipinski definition) is 0. The Kier molecular flexibility index (Phi) is 3.28. The number of carbonyl (C=O) groups excluding carboxylic acids is 2. The van der Waals surface area contributed by atoms with Gasteiger partial charge in [0.15, 0.2) is 5.78 Å². The summed E-state index contributed by atoms with van der Waals surface area (Å²) in [7, 11) is 0. The minimum atomic E-state index is 0.170. The third kappa shape index (κ3) is 1.99. The predicted molar refractivity (Wildman–Crippen MR) is 90.8 cm³/mol. The molecule has 0 heterocycles. The van der Waals surface area contributed by atoms with Gasteiger partial charge in [-0.25, -0.2) is 0 Å². The summed E-state index contributed by atoms with van der Waals surface area (Å²) in [6.45, 7) is 6.54. The second kappa shape index (κ2) is 4.91. The molecule has 0 aromatic heterocycles. The van der Waals surface area contributed by atoms with Gasteiger partial charge in [-0.2, -0.15) is 0 Å². The van der Waals surface area contributed by atoms with E-state index in [2.05, 4.69) is 26.0 Å². The van der Waals surface area contributed by atoms with Crippen LogP contribution in [0.15, 0.2) is 23.8 Å².